The van der Waals surface area contributed by atoms with Gasteiger partial charge in [-0.2, -0.15) is 0 Å². The number of amides is 2. The molecule has 6 heteroatoms. The number of urea groups is 1. The first kappa shape index (κ1) is 18.1. The van der Waals surface area contributed by atoms with E-state index in [0.29, 0.717) is 19.6 Å². The van der Waals surface area contributed by atoms with E-state index in [9.17, 15) is 9.59 Å². The van der Waals surface area contributed by atoms with Crippen LogP contribution in [-0.2, 0) is 19.6 Å². The van der Waals surface area contributed by atoms with Gasteiger partial charge in [0, 0.05) is 43.8 Å². The summed E-state index contributed by atoms with van der Waals surface area (Å²) in [5.74, 6) is 0. The number of pyridine rings is 1. The van der Waals surface area contributed by atoms with E-state index in [1.807, 2.05) is 41.3 Å². The third-order valence-corrected chi connectivity index (χ3v) is 5.32. The van der Waals surface area contributed by atoms with Gasteiger partial charge >= 0.3 is 6.03 Å². The van der Waals surface area contributed by atoms with Crippen molar-refractivity contribution in [3.63, 3.8) is 0 Å². The monoisotopic (exact) mass is 376 g/mol. The first-order valence-electron chi connectivity index (χ1n) is 9.54. The molecular formula is C22H24N4O2. The van der Waals surface area contributed by atoms with Gasteiger partial charge in [-0.15, -0.1) is 0 Å². The fourth-order valence-corrected chi connectivity index (χ4v) is 3.69. The molecule has 1 unspecified atom stereocenters. The highest BCUT2D eigenvalue weighted by atomic mass is 16.2. The van der Waals surface area contributed by atoms with Crippen molar-refractivity contribution in [2.75, 3.05) is 6.54 Å². The molecule has 0 saturated carbocycles. The predicted octanol–water partition coefficient (Wildman–Crippen LogP) is 2.98. The molecule has 0 spiro atoms. The van der Waals surface area contributed by atoms with Crippen LogP contribution < -0.4 is 10.9 Å². The summed E-state index contributed by atoms with van der Waals surface area (Å²) in [7, 11) is 0. The zero-order chi connectivity index (χ0) is 19.5. The SMILES string of the molecule is CC1c2cccn2CCN1C(=O)NCc1ccc(Cn2ccccc2=O)cc1. The fourth-order valence-electron chi connectivity index (χ4n) is 3.69. The summed E-state index contributed by atoms with van der Waals surface area (Å²) in [4.78, 5) is 26.3. The Morgan fingerprint density at radius 3 is 2.57 bits per heavy atom. The van der Waals surface area contributed by atoms with Crippen LogP contribution in [0.15, 0.2) is 71.8 Å². The topological polar surface area (TPSA) is 59.3 Å². The highest BCUT2D eigenvalue weighted by Gasteiger charge is 2.27. The summed E-state index contributed by atoms with van der Waals surface area (Å²) in [6.07, 6.45) is 3.85. The van der Waals surface area contributed by atoms with Crippen molar-refractivity contribution < 1.29 is 4.79 Å². The van der Waals surface area contributed by atoms with Crippen molar-refractivity contribution in [3.8, 4) is 0 Å². The molecule has 1 N–H and O–H groups in total. The Kier molecular flexibility index (Phi) is 5.02. The third-order valence-electron chi connectivity index (χ3n) is 5.32. The van der Waals surface area contributed by atoms with Gasteiger partial charge in [-0.3, -0.25) is 4.79 Å². The Hall–Kier alpha value is -3.28. The number of benzene rings is 1. The molecule has 0 radical (unpaired) electrons. The van der Waals surface area contributed by atoms with Gasteiger partial charge < -0.3 is 19.4 Å². The average molecular weight is 376 g/mol. The molecule has 0 saturated heterocycles. The molecular weight excluding hydrogens is 352 g/mol. The van der Waals surface area contributed by atoms with Crippen LogP contribution in [-0.4, -0.2) is 26.6 Å². The number of aromatic nitrogens is 2. The van der Waals surface area contributed by atoms with Gasteiger partial charge in [-0.25, -0.2) is 4.79 Å². The number of nitrogens with one attached hydrogen (secondary N) is 1. The predicted molar refractivity (Wildman–Crippen MR) is 108 cm³/mol. The van der Waals surface area contributed by atoms with Gasteiger partial charge in [-0.1, -0.05) is 30.3 Å². The fraction of sp³-hybridized carbons (Fsp3) is 0.273. The van der Waals surface area contributed by atoms with Gasteiger partial charge in [0.15, 0.2) is 0 Å². The van der Waals surface area contributed by atoms with Crippen molar-refractivity contribution in [1.82, 2.24) is 19.4 Å². The first-order chi connectivity index (χ1) is 13.6. The second-order valence-corrected chi connectivity index (χ2v) is 7.14. The van der Waals surface area contributed by atoms with E-state index in [-0.39, 0.29) is 17.6 Å². The molecule has 0 bridgehead atoms. The zero-order valence-corrected chi connectivity index (χ0v) is 15.9. The Morgan fingerprint density at radius 1 is 1.00 bits per heavy atom. The number of fused-ring (bicyclic) bond motifs is 1. The van der Waals surface area contributed by atoms with E-state index in [0.717, 1.165) is 17.7 Å². The summed E-state index contributed by atoms with van der Waals surface area (Å²) in [5.41, 5.74) is 3.24. The molecule has 0 fully saturated rings. The zero-order valence-electron chi connectivity index (χ0n) is 15.9. The van der Waals surface area contributed by atoms with E-state index in [1.54, 1.807) is 22.9 Å². The molecule has 3 heterocycles. The van der Waals surface area contributed by atoms with E-state index < -0.39 is 0 Å². The maximum Gasteiger partial charge on any atom is 0.318 e. The molecule has 1 atom stereocenters. The number of rotatable bonds is 4. The standard InChI is InChI=1S/C22H24N4O2/c1-17-20-5-4-12-24(20)13-14-26(17)22(28)23-15-18-7-9-19(10-8-18)16-25-11-3-2-6-21(25)27/h2-12,17H,13-16H2,1H3,(H,23,28). The lowest BCUT2D eigenvalue weighted by atomic mass is 10.1. The molecule has 28 heavy (non-hydrogen) atoms. The minimum absolute atomic E-state index is 0.0133. The molecule has 3 aromatic rings. The van der Waals surface area contributed by atoms with E-state index in [2.05, 4.69) is 29.1 Å². The van der Waals surface area contributed by atoms with Crippen LogP contribution in [0.25, 0.3) is 0 Å². The van der Waals surface area contributed by atoms with Crippen LogP contribution in [0.1, 0.15) is 29.8 Å². The largest absolute Gasteiger partial charge is 0.348 e. The maximum absolute atomic E-state index is 12.6. The lowest BCUT2D eigenvalue weighted by Crippen LogP contribution is -2.45. The summed E-state index contributed by atoms with van der Waals surface area (Å²) in [5, 5.41) is 3.02. The van der Waals surface area contributed by atoms with Crippen LogP contribution in [0.2, 0.25) is 0 Å². The van der Waals surface area contributed by atoms with E-state index in [4.69, 9.17) is 0 Å². The van der Waals surface area contributed by atoms with Crippen LogP contribution in [0.3, 0.4) is 0 Å². The Balaban J connectivity index is 1.34. The summed E-state index contributed by atoms with van der Waals surface area (Å²) >= 11 is 0. The van der Waals surface area contributed by atoms with Gasteiger partial charge in [0.2, 0.25) is 0 Å². The molecule has 144 valence electrons. The maximum atomic E-state index is 12.6. The van der Waals surface area contributed by atoms with Gasteiger partial charge in [0.05, 0.1) is 12.6 Å². The minimum Gasteiger partial charge on any atom is -0.348 e. The third kappa shape index (κ3) is 3.71. The second-order valence-electron chi connectivity index (χ2n) is 7.14. The van der Waals surface area contributed by atoms with Crippen LogP contribution >= 0.6 is 0 Å². The first-order valence-corrected chi connectivity index (χ1v) is 9.54. The molecule has 6 nitrogen and oxygen atoms in total. The molecule has 0 aliphatic carbocycles. The van der Waals surface area contributed by atoms with Gasteiger partial charge in [-0.05, 0) is 36.2 Å². The Labute approximate surface area is 164 Å². The number of nitrogens with zero attached hydrogens (tertiary/aromatic N) is 3. The van der Waals surface area contributed by atoms with Crippen molar-refractivity contribution in [1.29, 1.82) is 0 Å². The summed E-state index contributed by atoms with van der Waals surface area (Å²) in [6, 6.07) is 17.3. The molecule has 2 aromatic heterocycles. The Morgan fingerprint density at radius 2 is 1.79 bits per heavy atom. The normalized spacial score (nSPS) is 15.9. The number of carbonyl (C=O) groups is 1. The average Bonchev–Trinajstić information content (AvgIpc) is 3.19. The summed E-state index contributed by atoms with van der Waals surface area (Å²) in [6.45, 7) is 4.61. The smallest absolute Gasteiger partial charge is 0.318 e. The summed E-state index contributed by atoms with van der Waals surface area (Å²) < 4.78 is 3.87. The van der Waals surface area contributed by atoms with Crippen molar-refractivity contribution in [2.45, 2.75) is 32.6 Å². The minimum atomic E-state index is -0.0418. The lowest BCUT2D eigenvalue weighted by molar-refractivity contribution is 0.162. The molecule has 2 amide bonds. The van der Waals surface area contributed by atoms with Gasteiger partial charge in [0.25, 0.3) is 5.56 Å². The highest BCUT2D eigenvalue weighted by molar-refractivity contribution is 5.74. The quantitative estimate of drug-likeness (QED) is 0.761. The van der Waals surface area contributed by atoms with Crippen molar-refractivity contribution in [2.24, 2.45) is 0 Å². The van der Waals surface area contributed by atoms with Crippen molar-refractivity contribution >= 4 is 6.03 Å². The Bertz CT molecular complexity index is 1020. The highest BCUT2D eigenvalue weighted by Crippen LogP contribution is 2.25. The molecule has 1 aliphatic rings. The lowest BCUT2D eigenvalue weighted by Gasteiger charge is -2.34. The number of hydrogen-bond donors (Lipinski definition) is 1. The van der Waals surface area contributed by atoms with E-state index >= 15 is 0 Å². The number of carbonyl (C=O) groups excluding carboxylic acids is 1. The molecule has 4 rings (SSSR count). The number of hydrogen-bond acceptors (Lipinski definition) is 2. The van der Waals surface area contributed by atoms with Crippen LogP contribution in [0, 0.1) is 0 Å². The second kappa shape index (κ2) is 7.76. The van der Waals surface area contributed by atoms with Crippen LogP contribution in [0.5, 0.6) is 0 Å². The molecule has 1 aliphatic heterocycles. The van der Waals surface area contributed by atoms with Gasteiger partial charge in [0.1, 0.15) is 0 Å². The van der Waals surface area contributed by atoms with E-state index in [1.165, 1.54) is 5.69 Å². The molecule has 1 aromatic carbocycles. The van der Waals surface area contributed by atoms with Crippen LogP contribution in [0.4, 0.5) is 4.79 Å². The van der Waals surface area contributed by atoms with Crippen molar-refractivity contribution in [3.05, 3.63) is 94.2 Å².